The van der Waals surface area contributed by atoms with Crippen molar-refractivity contribution in [2.45, 2.75) is 32.7 Å². The number of amides is 1. The van der Waals surface area contributed by atoms with Crippen molar-refractivity contribution in [1.82, 2.24) is 14.7 Å². The summed E-state index contributed by atoms with van der Waals surface area (Å²) in [6.45, 7) is 4.03. The standard InChI is InChI=1S/C11H19N3O/c1-9(2)14(4)11(15)6-5-10-7-12-13(3)8-10/h7-9H,5-6H2,1-4H3. The van der Waals surface area contributed by atoms with Gasteiger partial charge in [-0.1, -0.05) is 0 Å². The maximum atomic E-state index is 11.7. The molecule has 4 heteroatoms. The highest BCUT2D eigenvalue weighted by Crippen LogP contribution is 2.04. The maximum absolute atomic E-state index is 11.7. The van der Waals surface area contributed by atoms with Gasteiger partial charge in [0.25, 0.3) is 0 Å². The molecule has 0 unspecified atom stereocenters. The van der Waals surface area contributed by atoms with E-state index in [4.69, 9.17) is 0 Å². The molecule has 0 aliphatic heterocycles. The third-order valence-corrected chi connectivity index (χ3v) is 2.55. The Morgan fingerprint density at radius 3 is 2.73 bits per heavy atom. The second kappa shape index (κ2) is 4.96. The van der Waals surface area contributed by atoms with Gasteiger partial charge in [0.2, 0.25) is 5.91 Å². The number of rotatable bonds is 4. The van der Waals surface area contributed by atoms with Crippen molar-refractivity contribution < 1.29 is 4.79 Å². The summed E-state index contributed by atoms with van der Waals surface area (Å²) in [6.07, 6.45) is 5.08. The van der Waals surface area contributed by atoms with Crippen molar-refractivity contribution in [2.75, 3.05) is 7.05 Å². The van der Waals surface area contributed by atoms with Crippen LogP contribution in [0.5, 0.6) is 0 Å². The first-order chi connectivity index (χ1) is 7.00. The van der Waals surface area contributed by atoms with Gasteiger partial charge in [0, 0.05) is 32.8 Å². The molecule has 0 aromatic carbocycles. The molecule has 0 aliphatic rings. The van der Waals surface area contributed by atoms with Crippen LogP contribution in [0.15, 0.2) is 12.4 Å². The van der Waals surface area contributed by atoms with Gasteiger partial charge in [-0.05, 0) is 25.8 Å². The highest BCUT2D eigenvalue weighted by molar-refractivity contribution is 5.76. The Bertz CT molecular complexity index is 330. The molecule has 1 heterocycles. The molecule has 0 atom stereocenters. The molecule has 84 valence electrons. The van der Waals surface area contributed by atoms with Crippen LogP contribution in [0, 0.1) is 0 Å². The SMILES string of the molecule is CC(C)N(C)C(=O)CCc1cnn(C)c1. The minimum atomic E-state index is 0.189. The van der Waals surface area contributed by atoms with Crippen LogP contribution >= 0.6 is 0 Å². The lowest BCUT2D eigenvalue weighted by Crippen LogP contribution is -2.33. The lowest BCUT2D eigenvalue weighted by molar-refractivity contribution is -0.131. The monoisotopic (exact) mass is 209 g/mol. The Morgan fingerprint density at radius 2 is 2.27 bits per heavy atom. The minimum absolute atomic E-state index is 0.189. The zero-order valence-electron chi connectivity index (χ0n) is 9.90. The average Bonchev–Trinajstić information content (AvgIpc) is 2.59. The molecule has 4 nitrogen and oxygen atoms in total. The quantitative estimate of drug-likeness (QED) is 0.747. The molecular weight excluding hydrogens is 190 g/mol. The van der Waals surface area contributed by atoms with Gasteiger partial charge in [-0.3, -0.25) is 9.48 Å². The van der Waals surface area contributed by atoms with Gasteiger partial charge in [-0.25, -0.2) is 0 Å². The Labute approximate surface area is 90.9 Å². The van der Waals surface area contributed by atoms with Crippen molar-refractivity contribution in [3.8, 4) is 0 Å². The summed E-state index contributed by atoms with van der Waals surface area (Å²) in [5.41, 5.74) is 1.11. The Kier molecular flexibility index (Phi) is 3.88. The van der Waals surface area contributed by atoms with E-state index < -0.39 is 0 Å². The van der Waals surface area contributed by atoms with Crippen molar-refractivity contribution in [1.29, 1.82) is 0 Å². The van der Waals surface area contributed by atoms with Crippen LogP contribution in [-0.4, -0.2) is 33.7 Å². The average molecular weight is 209 g/mol. The van der Waals surface area contributed by atoms with Crippen LogP contribution in [0.4, 0.5) is 0 Å². The van der Waals surface area contributed by atoms with E-state index >= 15 is 0 Å². The van der Waals surface area contributed by atoms with Gasteiger partial charge in [0.05, 0.1) is 6.20 Å². The molecule has 1 rings (SSSR count). The summed E-state index contributed by atoms with van der Waals surface area (Å²) in [5.74, 6) is 0.189. The zero-order chi connectivity index (χ0) is 11.4. The molecule has 0 spiro atoms. The third kappa shape index (κ3) is 3.38. The number of aryl methyl sites for hydroxylation is 2. The van der Waals surface area contributed by atoms with Crippen LogP contribution in [0.3, 0.4) is 0 Å². The fraction of sp³-hybridized carbons (Fsp3) is 0.636. The first kappa shape index (κ1) is 11.8. The molecule has 0 saturated carbocycles. The van der Waals surface area contributed by atoms with Gasteiger partial charge < -0.3 is 4.90 Å². The van der Waals surface area contributed by atoms with Crippen LogP contribution in [0.2, 0.25) is 0 Å². The van der Waals surface area contributed by atoms with Crippen LogP contribution in [0.25, 0.3) is 0 Å². The topological polar surface area (TPSA) is 38.1 Å². The van der Waals surface area contributed by atoms with Crippen molar-refractivity contribution in [2.24, 2.45) is 7.05 Å². The Morgan fingerprint density at radius 1 is 1.60 bits per heavy atom. The van der Waals surface area contributed by atoms with Crippen molar-refractivity contribution >= 4 is 5.91 Å². The van der Waals surface area contributed by atoms with E-state index in [0.29, 0.717) is 6.42 Å². The lowest BCUT2D eigenvalue weighted by atomic mass is 10.2. The maximum Gasteiger partial charge on any atom is 0.222 e. The van der Waals surface area contributed by atoms with E-state index in [9.17, 15) is 4.79 Å². The molecule has 0 fully saturated rings. The lowest BCUT2D eigenvalue weighted by Gasteiger charge is -2.21. The van der Waals surface area contributed by atoms with Gasteiger partial charge in [-0.15, -0.1) is 0 Å². The highest BCUT2D eigenvalue weighted by atomic mass is 16.2. The normalized spacial score (nSPS) is 10.7. The summed E-state index contributed by atoms with van der Waals surface area (Å²) in [4.78, 5) is 13.4. The molecule has 0 saturated heterocycles. The smallest absolute Gasteiger partial charge is 0.222 e. The Balaban J connectivity index is 2.40. The van der Waals surface area contributed by atoms with Crippen LogP contribution in [0.1, 0.15) is 25.8 Å². The number of carbonyl (C=O) groups is 1. The Hall–Kier alpha value is -1.32. The molecule has 0 bridgehead atoms. The molecule has 0 aliphatic carbocycles. The predicted molar refractivity (Wildman–Crippen MR) is 59.4 cm³/mol. The van der Waals surface area contributed by atoms with E-state index in [1.807, 2.05) is 40.3 Å². The molecular formula is C11H19N3O. The molecule has 15 heavy (non-hydrogen) atoms. The second-order valence-electron chi connectivity index (χ2n) is 4.12. The summed E-state index contributed by atoms with van der Waals surface area (Å²) >= 11 is 0. The summed E-state index contributed by atoms with van der Waals surface area (Å²) in [6, 6.07) is 0.270. The molecule has 0 N–H and O–H groups in total. The largest absolute Gasteiger partial charge is 0.343 e. The minimum Gasteiger partial charge on any atom is -0.343 e. The number of nitrogens with zero attached hydrogens (tertiary/aromatic N) is 3. The first-order valence-corrected chi connectivity index (χ1v) is 5.24. The molecule has 1 aromatic rings. The van der Waals surface area contributed by atoms with E-state index in [1.165, 1.54) is 0 Å². The molecule has 0 radical (unpaired) electrons. The van der Waals surface area contributed by atoms with Crippen LogP contribution < -0.4 is 0 Å². The summed E-state index contributed by atoms with van der Waals surface area (Å²) in [5, 5.41) is 4.07. The number of aromatic nitrogens is 2. The number of carbonyl (C=O) groups excluding carboxylic acids is 1. The van der Waals surface area contributed by atoms with E-state index in [0.717, 1.165) is 12.0 Å². The fourth-order valence-corrected chi connectivity index (χ4v) is 1.32. The number of hydrogen-bond donors (Lipinski definition) is 0. The van der Waals surface area contributed by atoms with Crippen molar-refractivity contribution in [3.63, 3.8) is 0 Å². The van der Waals surface area contributed by atoms with E-state index in [-0.39, 0.29) is 11.9 Å². The highest BCUT2D eigenvalue weighted by Gasteiger charge is 2.11. The van der Waals surface area contributed by atoms with Crippen LogP contribution in [-0.2, 0) is 18.3 Å². The molecule has 1 aromatic heterocycles. The van der Waals surface area contributed by atoms with Gasteiger partial charge >= 0.3 is 0 Å². The number of hydrogen-bond acceptors (Lipinski definition) is 2. The summed E-state index contributed by atoms with van der Waals surface area (Å²) < 4.78 is 1.76. The van der Waals surface area contributed by atoms with E-state index in [1.54, 1.807) is 9.58 Å². The fourth-order valence-electron chi connectivity index (χ4n) is 1.32. The van der Waals surface area contributed by atoms with Crippen molar-refractivity contribution in [3.05, 3.63) is 18.0 Å². The van der Waals surface area contributed by atoms with Gasteiger partial charge in [0.15, 0.2) is 0 Å². The zero-order valence-corrected chi connectivity index (χ0v) is 9.90. The van der Waals surface area contributed by atoms with Gasteiger partial charge in [0.1, 0.15) is 0 Å². The first-order valence-electron chi connectivity index (χ1n) is 5.24. The molecule has 1 amide bonds. The summed E-state index contributed by atoms with van der Waals surface area (Å²) in [7, 11) is 3.72. The van der Waals surface area contributed by atoms with E-state index in [2.05, 4.69) is 5.10 Å². The predicted octanol–water partition coefficient (Wildman–Crippen LogP) is 1.22. The van der Waals surface area contributed by atoms with Gasteiger partial charge in [-0.2, -0.15) is 5.10 Å². The second-order valence-corrected chi connectivity index (χ2v) is 4.12. The third-order valence-electron chi connectivity index (χ3n) is 2.55.